The van der Waals surface area contributed by atoms with E-state index < -0.39 is 41.0 Å². The van der Waals surface area contributed by atoms with Gasteiger partial charge in [0.25, 0.3) is 11.8 Å². The Morgan fingerprint density at radius 2 is 1.84 bits per heavy atom. The number of hydrogen-bond acceptors (Lipinski definition) is 7. The highest BCUT2D eigenvalue weighted by atomic mass is 35.5. The topological polar surface area (TPSA) is 145 Å². The summed E-state index contributed by atoms with van der Waals surface area (Å²) in [6.45, 7) is -1.09. The second-order valence-electron chi connectivity index (χ2n) is 6.21. The van der Waals surface area contributed by atoms with Gasteiger partial charge in [-0.25, -0.2) is 13.6 Å². The summed E-state index contributed by atoms with van der Waals surface area (Å²) in [5.74, 6) is -2.06. The number of rotatable bonds is 7. The zero-order valence-electron chi connectivity index (χ0n) is 15.8. The van der Waals surface area contributed by atoms with E-state index >= 15 is 0 Å². The molecule has 162 valence electrons. The minimum Gasteiger partial charge on any atom is -0.454 e. The molecule has 1 aromatic heterocycles. The third-order valence-electron chi connectivity index (χ3n) is 3.94. The number of thiophene rings is 1. The fourth-order valence-corrected chi connectivity index (χ4v) is 4.53. The zero-order chi connectivity index (χ0) is 22.6. The summed E-state index contributed by atoms with van der Waals surface area (Å²) in [6, 6.07) is 12.5. The molecule has 0 fully saturated rings. The Kier molecular flexibility index (Phi) is 6.91. The number of nitrogens with two attached hydrogens (primary N) is 1. The van der Waals surface area contributed by atoms with Crippen molar-refractivity contribution in [2.75, 3.05) is 18.5 Å². The number of anilines is 1. The Hall–Kier alpha value is -2.99. The summed E-state index contributed by atoms with van der Waals surface area (Å²) >= 11 is 7.42. The molecule has 2 amide bonds. The van der Waals surface area contributed by atoms with E-state index in [0.29, 0.717) is 5.02 Å². The third kappa shape index (κ3) is 5.79. The first kappa shape index (κ1) is 22.7. The summed E-state index contributed by atoms with van der Waals surface area (Å²) in [5.41, 5.74) is 0.167. The second kappa shape index (κ2) is 9.43. The predicted molar refractivity (Wildman–Crippen MR) is 117 cm³/mol. The van der Waals surface area contributed by atoms with Crippen LogP contribution in [0.15, 0.2) is 53.4 Å². The van der Waals surface area contributed by atoms with Gasteiger partial charge in [-0.2, -0.15) is 0 Å². The van der Waals surface area contributed by atoms with Crippen LogP contribution in [-0.4, -0.2) is 39.4 Å². The monoisotopic (exact) mass is 481 g/mol. The Labute approximate surface area is 186 Å². The van der Waals surface area contributed by atoms with E-state index in [4.69, 9.17) is 21.5 Å². The molecule has 3 rings (SSSR count). The highest BCUT2D eigenvalue weighted by Gasteiger charge is 2.18. The minimum atomic E-state index is -3.92. The number of carbonyl (C=O) groups is 3. The molecule has 9 nitrogen and oxygen atoms in total. The van der Waals surface area contributed by atoms with Crippen molar-refractivity contribution in [3.05, 3.63) is 58.4 Å². The fourth-order valence-electron chi connectivity index (χ4n) is 2.54. The summed E-state index contributed by atoms with van der Waals surface area (Å²) in [5, 5.41) is 10.9. The van der Waals surface area contributed by atoms with Gasteiger partial charge in [0.2, 0.25) is 10.0 Å². The molecule has 0 aliphatic rings. The summed E-state index contributed by atoms with van der Waals surface area (Å²) in [6.07, 6.45) is 0. The molecule has 0 saturated heterocycles. The van der Waals surface area contributed by atoms with Gasteiger partial charge in [-0.1, -0.05) is 35.9 Å². The fraction of sp³-hybridized carbons (Fsp3) is 0.105. The van der Waals surface area contributed by atoms with Crippen molar-refractivity contribution in [3.63, 3.8) is 0 Å². The van der Waals surface area contributed by atoms with Crippen LogP contribution in [-0.2, 0) is 24.3 Å². The van der Waals surface area contributed by atoms with Gasteiger partial charge in [0, 0.05) is 15.8 Å². The van der Waals surface area contributed by atoms with Gasteiger partial charge < -0.3 is 15.4 Å². The standard InChI is InChI=1S/C19H16ClN3O6S2/c20-17-13-6-1-2-7-14(13)30-18(17)19(26)22-9-16(25)29-10-15(24)23-11-4-3-5-12(8-11)31(21,27)28/h1-8H,9-10H2,(H,22,26)(H,23,24)(H2,21,27,28). The number of sulfonamides is 1. The molecule has 4 N–H and O–H groups in total. The molecule has 0 aliphatic heterocycles. The molecule has 3 aromatic rings. The normalized spacial score (nSPS) is 11.2. The van der Waals surface area contributed by atoms with E-state index in [0.717, 1.165) is 10.1 Å². The lowest BCUT2D eigenvalue weighted by Gasteiger charge is -2.08. The second-order valence-corrected chi connectivity index (χ2v) is 9.20. The average Bonchev–Trinajstić information content (AvgIpc) is 3.07. The van der Waals surface area contributed by atoms with E-state index in [1.807, 2.05) is 12.1 Å². The molecule has 12 heteroatoms. The first-order chi connectivity index (χ1) is 14.6. The Bertz CT molecular complexity index is 1270. The first-order valence-corrected chi connectivity index (χ1v) is 11.4. The van der Waals surface area contributed by atoms with Gasteiger partial charge in [-0.15, -0.1) is 11.3 Å². The van der Waals surface area contributed by atoms with Crippen molar-refractivity contribution in [1.29, 1.82) is 0 Å². The number of primary sulfonamides is 1. The van der Waals surface area contributed by atoms with Crippen LogP contribution < -0.4 is 15.8 Å². The molecule has 0 aliphatic carbocycles. The summed E-state index contributed by atoms with van der Waals surface area (Å²) in [4.78, 5) is 36.1. The maximum atomic E-state index is 12.3. The number of amides is 2. The van der Waals surface area contributed by atoms with Gasteiger partial charge in [0.1, 0.15) is 11.4 Å². The van der Waals surface area contributed by atoms with Crippen LogP contribution in [0.5, 0.6) is 0 Å². The smallest absolute Gasteiger partial charge is 0.325 e. The number of fused-ring (bicyclic) bond motifs is 1. The van der Waals surface area contributed by atoms with Gasteiger partial charge in [0.15, 0.2) is 6.61 Å². The average molecular weight is 482 g/mol. The minimum absolute atomic E-state index is 0.167. The van der Waals surface area contributed by atoms with Crippen LogP contribution in [0.3, 0.4) is 0 Å². The lowest BCUT2D eigenvalue weighted by Crippen LogP contribution is -2.32. The summed E-state index contributed by atoms with van der Waals surface area (Å²) < 4.78 is 28.3. The van der Waals surface area contributed by atoms with Crippen molar-refractivity contribution in [2.45, 2.75) is 4.90 Å². The molecule has 31 heavy (non-hydrogen) atoms. The Balaban J connectivity index is 1.49. The van der Waals surface area contributed by atoms with Crippen LogP contribution in [0.2, 0.25) is 5.02 Å². The Morgan fingerprint density at radius 1 is 1.10 bits per heavy atom. The van der Waals surface area contributed by atoms with Gasteiger partial charge in [-0.05, 0) is 24.3 Å². The highest BCUT2D eigenvalue weighted by molar-refractivity contribution is 7.89. The summed E-state index contributed by atoms with van der Waals surface area (Å²) in [7, 11) is -3.92. The molecular formula is C19H16ClN3O6S2. The van der Waals surface area contributed by atoms with Crippen molar-refractivity contribution < 1.29 is 27.5 Å². The van der Waals surface area contributed by atoms with Crippen molar-refractivity contribution in [2.24, 2.45) is 5.14 Å². The number of carbonyl (C=O) groups excluding carboxylic acids is 3. The highest BCUT2D eigenvalue weighted by Crippen LogP contribution is 2.34. The van der Waals surface area contributed by atoms with E-state index in [-0.39, 0.29) is 15.5 Å². The number of nitrogens with one attached hydrogen (secondary N) is 2. The lowest BCUT2D eigenvalue weighted by molar-refractivity contribution is -0.146. The van der Waals surface area contributed by atoms with Crippen LogP contribution in [0.1, 0.15) is 9.67 Å². The molecule has 0 atom stereocenters. The van der Waals surface area contributed by atoms with E-state index in [2.05, 4.69) is 10.6 Å². The predicted octanol–water partition coefficient (Wildman–Crippen LogP) is 2.11. The van der Waals surface area contributed by atoms with Gasteiger partial charge in [0.05, 0.1) is 9.92 Å². The lowest BCUT2D eigenvalue weighted by atomic mass is 10.2. The zero-order valence-corrected chi connectivity index (χ0v) is 18.1. The maximum Gasteiger partial charge on any atom is 0.325 e. The quantitative estimate of drug-likeness (QED) is 0.441. The number of halogens is 1. The van der Waals surface area contributed by atoms with Gasteiger partial charge >= 0.3 is 5.97 Å². The maximum absolute atomic E-state index is 12.3. The van der Waals surface area contributed by atoms with Crippen LogP contribution in [0.25, 0.3) is 10.1 Å². The van der Waals surface area contributed by atoms with Crippen molar-refractivity contribution in [3.8, 4) is 0 Å². The van der Waals surface area contributed by atoms with Crippen LogP contribution in [0, 0.1) is 0 Å². The number of benzene rings is 2. The molecule has 0 saturated carbocycles. The third-order valence-corrected chi connectivity index (χ3v) is 6.53. The molecule has 0 unspecified atom stereocenters. The largest absolute Gasteiger partial charge is 0.454 e. The van der Waals surface area contributed by atoms with Crippen LogP contribution in [0.4, 0.5) is 5.69 Å². The van der Waals surface area contributed by atoms with Gasteiger partial charge in [-0.3, -0.25) is 14.4 Å². The molecule has 2 aromatic carbocycles. The number of hydrogen-bond donors (Lipinski definition) is 3. The SMILES string of the molecule is NS(=O)(=O)c1cccc(NC(=O)COC(=O)CNC(=O)c2sc3ccccc3c2Cl)c1. The first-order valence-electron chi connectivity index (χ1n) is 8.68. The molecule has 0 radical (unpaired) electrons. The number of esters is 1. The Morgan fingerprint density at radius 3 is 2.55 bits per heavy atom. The van der Waals surface area contributed by atoms with Crippen LogP contribution >= 0.6 is 22.9 Å². The molecule has 0 bridgehead atoms. The van der Waals surface area contributed by atoms with Crippen molar-refractivity contribution >= 4 is 66.5 Å². The number of ether oxygens (including phenoxy) is 1. The van der Waals surface area contributed by atoms with E-state index in [1.54, 1.807) is 12.1 Å². The van der Waals surface area contributed by atoms with E-state index in [9.17, 15) is 22.8 Å². The molecule has 1 heterocycles. The molecule has 0 spiro atoms. The van der Waals surface area contributed by atoms with Crippen molar-refractivity contribution in [1.82, 2.24) is 5.32 Å². The molecular weight excluding hydrogens is 466 g/mol. The van der Waals surface area contributed by atoms with E-state index in [1.165, 1.54) is 35.6 Å².